The van der Waals surface area contributed by atoms with Crippen molar-refractivity contribution in [1.29, 1.82) is 0 Å². The Labute approximate surface area is 151 Å². The Balaban J connectivity index is 1.97. The van der Waals surface area contributed by atoms with Gasteiger partial charge >= 0.3 is 0 Å². The summed E-state index contributed by atoms with van der Waals surface area (Å²) in [4.78, 5) is 0. The minimum Gasteiger partial charge on any atom is -0.350 e. The van der Waals surface area contributed by atoms with Crippen molar-refractivity contribution in [2.45, 2.75) is 26.8 Å². The minimum atomic E-state index is 0.493. The molecule has 24 heavy (non-hydrogen) atoms. The number of benzene rings is 2. The summed E-state index contributed by atoms with van der Waals surface area (Å²) in [6, 6.07) is 13.8. The van der Waals surface area contributed by atoms with Gasteiger partial charge in [-0.1, -0.05) is 60.5 Å². The normalized spacial score (nSPS) is 10.8. The van der Waals surface area contributed by atoms with Crippen LogP contribution in [0.25, 0.3) is 5.69 Å². The second-order valence-corrected chi connectivity index (χ2v) is 6.27. The highest BCUT2D eigenvalue weighted by Gasteiger charge is 2.16. The molecule has 0 saturated carbocycles. The van der Waals surface area contributed by atoms with Crippen LogP contribution in [0.5, 0.6) is 0 Å². The highest BCUT2D eigenvalue weighted by atomic mass is 35.5. The zero-order chi connectivity index (χ0) is 17.1. The van der Waals surface area contributed by atoms with Gasteiger partial charge in [0, 0.05) is 13.0 Å². The van der Waals surface area contributed by atoms with Crippen LogP contribution in [0.3, 0.4) is 0 Å². The number of aromatic nitrogens is 3. The predicted octanol–water partition coefficient (Wildman–Crippen LogP) is 5.06. The second kappa shape index (κ2) is 7.24. The van der Waals surface area contributed by atoms with E-state index in [1.165, 1.54) is 11.1 Å². The molecule has 0 amide bonds. The highest BCUT2D eigenvalue weighted by molar-refractivity contribution is 6.43. The monoisotopic (exact) mass is 360 g/mol. The summed E-state index contributed by atoms with van der Waals surface area (Å²) in [7, 11) is 0. The molecule has 0 spiro atoms. The maximum Gasteiger partial charge on any atom is 0.229 e. The summed E-state index contributed by atoms with van der Waals surface area (Å²) in [5.41, 5.74) is 3.22. The van der Waals surface area contributed by atoms with E-state index in [4.69, 9.17) is 23.2 Å². The lowest BCUT2D eigenvalue weighted by Crippen LogP contribution is -2.09. The average Bonchev–Trinajstić information content (AvgIpc) is 2.99. The van der Waals surface area contributed by atoms with E-state index in [0.717, 1.165) is 17.9 Å². The standard InChI is InChI=1S/C18H18Cl2N4/c1-3-16-22-23-18(21-11-13-8-5-4-7-12(13)2)24(16)15-10-6-9-14(19)17(15)20/h4-10H,3,11H2,1-2H3,(H,21,23). The Bertz CT molecular complexity index is 858. The molecule has 1 aromatic heterocycles. The Kier molecular flexibility index (Phi) is 5.07. The molecule has 4 nitrogen and oxygen atoms in total. The molecule has 2 aromatic carbocycles. The number of aryl methyl sites for hydroxylation is 2. The average molecular weight is 361 g/mol. The molecule has 0 bridgehead atoms. The van der Waals surface area contributed by atoms with E-state index in [1.807, 2.05) is 35.8 Å². The molecule has 0 aliphatic heterocycles. The van der Waals surface area contributed by atoms with Gasteiger partial charge in [0.1, 0.15) is 5.82 Å². The van der Waals surface area contributed by atoms with E-state index in [9.17, 15) is 0 Å². The summed E-state index contributed by atoms with van der Waals surface area (Å²) in [5.74, 6) is 1.48. The van der Waals surface area contributed by atoms with Crippen LogP contribution in [0, 0.1) is 6.92 Å². The summed E-state index contributed by atoms with van der Waals surface area (Å²) in [5, 5.41) is 12.9. The topological polar surface area (TPSA) is 42.7 Å². The fourth-order valence-corrected chi connectivity index (χ4v) is 2.94. The third-order valence-electron chi connectivity index (χ3n) is 3.92. The molecule has 0 fully saturated rings. The van der Waals surface area contributed by atoms with Gasteiger partial charge in [0.15, 0.2) is 0 Å². The van der Waals surface area contributed by atoms with Gasteiger partial charge in [-0.15, -0.1) is 10.2 Å². The van der Waals surface area contributed by atoms with Crippen LogP contribution in [0.15, 0.2) is 42.5 Å². The van der Waals surface area contributed by atoms with Crippen LogP contribution < -0.4 is 5.32 Å². The minimum absolute atomic E-state index is 0.493. The number of anilines is 1. The first-order valence-electron chi connectivity index (χ1n) is 7.79. The molecule has 0 unspecified atom stereocenters. The fourth-order valence-electron chi connectivity index (χ4n) is 2.56. The molecule has 0 aliphatic rings. The third-order valence-corrected chi connectivity index (χ3v) is 4.73. The van der Waals surface area contributed by atoms with Gasteiger partial charge in [0.2, 0.25) is 5.95 Å². The summed E-state index contributed by atoms with van der Waals surface area (Å²) >= 11 is 12.6. The van der Waals surface area contributed by atoms with Crippen LogP contribution in [0.1, 0.15) is 23.9 Å². The lowest BCUT2D eigenvalue weighted by molar-refractivity contribution is 0.881. The van der Waals surface area contributed by atoms with Crippen molar-refractivity contribution in [2.75, 3.05) is 5.32 Å². The molecular weight excluding hydrogens is 343 g/mol. The van der Waals surface area contributed by atoms with Gasteiger partial charge in [0.05, 0.1) is 15.7 Å². The highest BCUT2D eigenvalue weighted by Crippen LogP contribution is 2.31. The predicted molar refractivity (Wildman–Crippen MR) is 99.3 cm³/mol. The van der Waals surface area contributed by atoms with Crippen molar-refractivity contribution >= 4 is 29.2 Å². The maximum atomic E-state index is 6.39. The number of nitrogens with one attached hydrogen (secondary N) is 1. The third kappa shape index (κ3) is 3.25. The van der Waals surface area contributed by atoms with Crippen molar-refractivity contribution < 1.29 is 0 Å². The van der Waals surface area contributed by atoms with Gasteiger partial charge < -0.3 is 5.32 Å². The summed E-state index contributed by atoms with van der Waals surface area (Å²) < 4.78 is 1.92. The zero-order valence-electron chi connectivity index (χ0n) is 13.6. The molecular formula is C18H18Cl2N4. The molecule has 6 heteroatoms. The van der Waals surface area contributed by atoms with Crippen molar-refractivity contribution in [1.82, 2.24) is 14.8 Å². The maximum absolute atomic E-state index is 6.39. The lowest BCUT2D eigenvalue weighted by atomic mass is 10.1. The second-order valence-electron chi connectivity index (χ2n) is 5.48. The fraction of sp³-hybridized carbons (Fsp3) is 0.222. The van der Waals surface area contributed by atoms with Gasteiger partial charge in [-0.25, -0.2) is 0 Å². The number of hydrogen-bond acceptors (Lipinski definition) is 3. The first-order valence-corrected chi connectivity index (χ1v) is 8.54. The zero-order valence-corrected chi connectivity index (χ0v) is 15.1. The van der Waals surface area contributed by atoms with E-state index in [2.05, 4.69) is 34.6 Å². The van der Waals surface area contributed by atoms with Gasteiger partial charge in [-0.05, 0) is 30.2 Å². The van der Waals surface area contributed by atoms with E-state index in [-0.39, 0.29) is 0 Å². The molecule has 0 atom stereocenters. The van der Waals surface area contributed by atoms with Crippen LogP contribution in [0.4, 0.5) is 5.95 Å². The molecule has 3 aromatic rings. The summed E-state index contributed by atoms with van der Waals surface area (Å²) in [6.07, 6.45) is 0.738. The number of rotatable bonds is 5. The van der Waals surface area contributed by atoms with E-state index < -0.39 is 0 Å². The molecule has 1 N–H and O–H groups in total. The SMILES string of the molecule is CCc1nnc(NCc2ccccc2C)n1-c1cccc(Cl)c1Cl. The molecule has 124 valence electrons. The summed E-state index contributed by atoms with van der Waals surface area (Å²) in [6.45, 7) is 4.78. The van der Waals surface area contributed by atoms with Crippen molar-refractivity contribution in [3.05, 3.63) is 69.5 Å². The Morgan fingerprint density at radius 2 is 1.83 bits per heavy atom. The van der Waals surface area contributed by atoms with Crippen LogP contribution in [-0.4, -0.2) is 14.8 Å². The lowest BCUT2D eigenvalue weighted by Gasteiger charge is -2.14. The van der Waals surface area contributed by atoms with Crippen molar-refractivity contribution in [3.63, 3.8) is 0 Å². The van der Waals surface area contributed by atoms with Crippen LogP contribution in [0.2, 0.25) is 10.0 Å². The van der Waals surface area contributed by atoms with Gasteiger partial charge in [-0.3, -0.25) is 4.57 Å². The van der Waals surface area contributed by atoms with Gasteiger partial charge in [-0.2, -0.15) is 0 Å². The first-order chi connectivity index (χ1) is 11.6. The Hall–Kier alpha value is -2.04. The number of hydrogen-bond donors (Lipinski definition) is 1. The quantitative estimate of drug-likeness (QED) is 0.691. The number of nitrogens with zero attached hydrogens (tertiary/aromatic N) is 3. The molecule has 0 aliphatic carbocycles. The van der Waals surface area contributed by atoms with E-state index in [0.29, 0.717) is 22.5 Å². The van der Waals surface area contributed by atoms with Gasteiger partial charge in [0.25, 0.3) is 0 Å². The van der Waals surface area contributed by atoms with E-state index in [1.54, 1.807) is 6.07 Å². The molecule has 1 heterocycles. The Morgan fingerprint density at radius 3 is 2.58 bits per heavy atom. The smallest absolute Gasteiger partial charge is 0.229 e. The molecule has 0 radical (unpaired) electrons. The first kappa shape index (κ1) is 16.8. The van der Waals surface area contributed by atoms with Crippen molar-refractivity contribution in [2.24, 2.45) is 0 Å². The number of halogens is 2. The van der Waals surface area contributed by atoms with E-state index >= 15 is 0 Å². The van der Waals surface area contributed by atoms with Crippen LogP contribution >= 0.6 is 23.2 Å². The Morgan fingerprint density at radius 1 is 1.04 bits per heavy atom. The largest absolute Gasteiger partial charge is 0.350 e. The molecule has 3 rings (SSSR count). The van der Waals surface area contributed by atoms with Crippen molar-refractivity contribution in [3.8, 4) is 5.69 Å². The molecule has 0 saturated heterocycles. The van der Waals surface area contributed by atoms with Crippen LogP contribution in [-0.2, 0) is 13.0 Å².